The normalized spacial score (nSPS) is 15.4. The van der Waals surface area contributed by atoms with Crippen LogP contribution in [0.1, 0.15) is 12.6 Å². The average Bonchev–Trinajstić information content (AvgIpc) is 2.93. The third kappa shape index (κ3) is 3.03. The molecule has 2 aromatic rings. The van der Waals surface area contributed by atoms with Gasteiger partial charge in [-0.1, -0.05) is 17.7 Å². The smallest absolute Gasteiger partial charge is 0.263 e. The maximum atomic E-state index is 12.5. The average molecular weight is 306 g/mol. The van der Waals surface area contributed by atoms with Crippen molar-refractivity contribution >= 4 is 17.5 Å². The summed E-state index contributed by atoms with van der Waals surface area (Å²) in [7, 11) is 0. The van der Waals surface area contributed by atoms with E-state index >= 15 is 0 Å². The third-order valence-electron chi connectivity index (χ3n) is 3.53. The monoisotopic (exact) mass is 305 g/mol. The van der Waals surface area contributed by atoms with Crippen molar-refractivity contribution < 1.29 is 9.53 Å². The summed E-state index contributed by atoms with van der Waals surface area (Å²) in [6.07, 6.45) is 3.04. The zero-order chi connectivity index (χ0) is 14.8. The Morgan fingerprint density at radius 1 is 1.43 bits per heavy atom. The number of halogens is 1. The fraction of sp³-hybridized carbons (Fsp3) is 0.333. The highest BCUT2D eigenvalue weighted by Gasteiger charge is 2.25. The van der Waals surface area contributed by atoms with Crippen LogP contribution in [0, 0.1) is 0 Å². The number of nitrogens with zero attached hydrogens (tertiary/aromatic N) is 3. The van der Waals surface area contributed by atoms with Crippen LogP contribution in [-0.2, 0) is 17.9 Å². The topological polar surface area (TPSA) is 47.4 Å². The first-order valence-electron chi connectivity index (χ1n) is 6.83. The summed E-state index contributed by atoms with van der Waals surface area (Å²) < 4.78 is 7.74. The van der Waals surface area contributed by atoms with Gasteiger partial charge in [-0.2, -0.15) is 0 Å². The molecule has 6 heteroatoms. The fourth-order valence-corrected chi connectivity index (χ4v) is 2.60. The summed E-state index contributed by atoms with van der Waals surface area (Å²) in [6.45, 7) is 3.77. The number of carbonyl (C=O) groups excluding carboxylic acids is 1. The Morgan fingerprint density at radius 3 is 3.10 bits per heavy atom. The standard InChI is InChI=1S/C15H16ClN3O2/c1-11(21-14-4-2-3-12(16)7-14)15(20)18-5-6-19-10-17-8-13(19)9-18/h2-4,7-8,10-11H,5-6,9H2,1H3/t11-/m0/s1. The Morgan fingerprint density at radius 2 is 2.29 bits per heavy atom. The predicted molar refractivity (Wildman–Crippen MR) is 79.2 cm³/mol. The molecule has 1 amide bonds. The molecule has 0 aliphatic carbocycles. The van der Waals surface area contributed by atoms with Gasteiger partial charge in [0.15, 0.2) is 6.10 Å². The summed E-state index contributed by atoms with van der Waals surface area (Å²) in [5, 5.41) is 0.592. The van der Waals surface area contributed by atoms with E-state index in [-0.39, 0.29) is 5.91 Å². The lowest BCUT2D eigenvalue weighted by Crippen LogP contribution is -2.44. The molecule has 1 aliphatic rings. The van der Waals surface area contributed by atoms with Crippen LogP contribution in [0.4, 0.5) is 0 Å². The summed E-state index contributed by atoms with van der Waals surface area (Å²) in [4.78, 5) is 18.4. The molecule has 0 saturated heterocycles. The SMILES string of the molecule is C[C@H](Oc1cccc(Cl)c1)C(=O)N1CCn2cncc2C1. The van der Waals surface area contributed by atoms with Gasteiger partial charge >= 0.3 is 0 Å². The number of hydrogen-bond donors (Lipinski definition) is 0. The van der Waals surface area contributed by atoms with Crippen molar-refractivity contribution in [2.24, 2.45) is 0 Å². The van der Waals surface area contributed by atoms with Gasteiger partial charge in [-0.05, 0) is 25.1 Å². The number of imidazole rings is 1. The van der Waals surface area contributed by atoms with Crippen LogP contribution in [0.5, 0.6) is 5.75 Å². The van der Waals surface area contributed by atoms with Crippen molar-refractivity contribution in [2.75, 3.05) is 6.54 Å². The van der Waals surface area contributed by atoms with E-state index in [0.717, 1.165) is 12.2 Å². The van der Waals surface area contributed by atoms with E-state index in [1.165, 1.54) is 0 Å². The Labute approximate surface area is 128 Å². The Hall–Kier alpha value is -2.01. The molecule has 0 unspecified atom stereocenters. The van der Waals surface area contributed by atoms with Crippen LogP contribution >= 0.6 is 11.6 Å². The highest BCUT2D eigenvalue weighted by atomic mass is 35.5. The second-order valence-electron chi connectivity index (χ2n) is 5.06. The Kier molecular flexibility index (Phi) is 3.84. The first-order chi connectivity index (χ1) is 10.1. The maximum absolute atomic E-state index is 12.5. The number of ether oxygens (including phenoxy) is 1. The minimum Gasteiger partial charge on any atom is -0.481 e. The fourth-order valence-electron chi connectivity index (χ4n) is 2.42. The lowest BCUT2D eigenvalue weighted by Gasteiger charge is -2.30. The highest BCUT2D eigenvalue weighted by Crippen LogP contribution is 2.20. The molecule has 2 heterocycles. The first kappa shape index (κ1) is 13.9. The van der Waals surface area contributed by atoms with Crippen LogP contribution in [0.2, 0.25) is 5.02 Å². The molecule has 1 aromatic heterocycles. The van der Waals surface area contributed by atoms with E-state index < -0.39 is 6.10 Å². The van der Waals surface area contributed by atoms with Crippen LogP contribution < -0.4 is 4.74 Å². The van der Waals surface area contributed by atoms with Crippen molar-refractivity contribution in [3.05, 3.63) is 47.5 Å². The molecule has 0 fully saturated rings. The first-order valence-corrected chi connectivity index (χ1v) is 7.21. The molecule has 0 bridgehead atoms. The molecule has 0 N–H and O–H groups in total. The zero-order valence-electron chi connectivity index (χ0n) is 11.7. The lowest BCUT2D eigenvalue weighted by molar-refractivity contribution is -0.139. The van der Waals surface area contributed by atoms with Gasteiger partial charge in [0.1, 0.15) is 5.75 Å². The largest absolute Gasteiger partial charge is 0.481 e. The number of rotatable bonds is 3. The molecule has 1 aliphatic heterocycles. The molecule has 3 rings (SSSR count). The zero-order valence-corrected chi connectivity index (χ0v) is 12.5. The van der Waals surface area contributed by atoms with E-state index in [0.29, 0.717) is 23.9 Å². The van der Waals surface area contributed by atoms with Gasteiger partial charge < -0.3 is 14.2 Å². The van der Waals surface area contributed by atoms with Crippen molar-refractivity contribution in [2.45, 2.75) is 26.1 Å². The van der Waals surface area contributed by atoms with Crippen molar-refractivity contribution in [3.8, 4) is 5.75 Å². The molecule has 5 nitrogen and oxygen atoms in total. The molecular weight excluding hydrogens is 290 g/mol. The number of fused-ring (bicyclic) bond motifs is 1. The number of carbonyl (C=O) groups is 1. The number of benzene rings is 1. The number of amides is 1. The molecule has 0 radical (unpaired) electrons. The summed E-state index contributed by atoms with van der Waals surface area (Å²) in [6, 6.07) is 7.07. The molecule has 110 valence electrons. The van der Waals surface area contributed by atoms with E-state index in [1.807, 2.05) is 0 Å². The van der Waals surface area contributed by atoms with Gasteiger partial charge in [-0.25, -0.2) is 4.98 Å². The third-order valence-corrected chi connectivity index (χ3v) is 3.77. The van der Waals surface area contributed by atoms with Crippen molar-refractivity contribution in [1.29, 1.82) is 0 Å². The van der Waals surface area contributed by atoms with Gasteiger partial charge in [0.25, 0.3) is 5.91 Å². The maximum Gasteiger partial charge on any atom is 0.263 e. The van der Waals surface area contributed by atoms with Gasteiger partial charge in [-0.15, -0.1) is 0 Å². The van der Waals surface area contributed by atoms with Gasteiger partial charge in [0.2, 0.25) is 0 Å². The molecule has 21 heavy (non-hydrogen) atoms. The van der Waals surface area contributed by atoms with Gasteiger partial charge in [0.05, 0.1) is 18.6 Å². The minimum atomic E-state index is -0.544. The van der Waals surface area contributed by atoms with E-state index in [4.69, 9.17) is 16.3 Å². The second kappa shape index (κ2) is 5.77. The summed E-state index contributed by atoms with van der Waals surface area (Å²) >= 11 is 5.92. The summed E-state index contributed by atoms with van der Waals surface area (Å²) in [5.41, 5.74) is 1.05. The van der Waals surface area contributed by atoms with Crippen LogP contribution in [0.25, 0.3) is 0 Å². The van der Waals surface area contributed by atoms with Crippen molar-refractivity contribution in [3.63, 3.8) is 0 Å². The Balaban J connectivity index is 1.65. The van der Waals surface area contributed by atoms with Crippen LogP contribution in [0.15, 0.2) is 36.8 Å². The number of hydrogen-bond acceptors (Lipinski definition) is 3. The van der Waals surface area contributed by atoms with E-state index in [9.17, 15) is 4.79 Å². The van der Waals surface area contributed by atoms with Crippen molar-refractivity contribution in [1.82, 2.24) is 14.5 Å². The molecule has 1 atom stereocenters. The molecule has 0 saturated carbocycles. The van der Waals surface area contributed by atoms with Crippen LogP contribution in [-0.4, -0.2) is 33.0 Å². The van der Waals surface area contributed by atoms with E-state index in [1.54, 1.807) is 48.6 Å². The molecular formula is C15H16ClN3O2. The van der Waals surface area contributed by atoms with E-state index in [2.05, 4.69) is 9.55 Å². The quantitative estimate of drug-likeness (QED) is 0.874. The highest BCUT2D eigenvalue weighted by molar-refractivity contribution is 6.30. The Bertz CT molecular complexity index is 656. The van der Waals surface area contributed by atoms with Gasteiger partial charge in [-0.3, -0.25) is 4.79 Å². The minimum absolute atomic E-state index is 0.0255. The molecule has 0 spiro atoms. The lowest BCUT2D eigenvalue weighted by atomic mass is 10.2. The van der Waals surface area contributed by atoms with Crippen LogP contribution in [0.3, 0.4) is 0 Å². The number of aromatic nitrogens is 2. The molecule has 1 aromatic carbocycles. The van der Waals surface area contributed by atoms with Gasteiger partial charge in [0, 0.05) is 24.3 Å². The summed E-state index contributed by atoms with van der Waals surface area (Å²) in [5.74, 6) is 0.577. The predicted octanol–water partition coefficient (Wildman–Crippen LogP) is 2.35. The second-order valence-corrected chi connectivity index (χ2v) is 5.49.